The van der Waals surface area contributed by atoms with Gasteiger partial charge < -0.3 is 5.32 Å². The van der Waals surface area contributed by atoms with Crippen LogP contribution < -0.4 is 5.32 Å². The van der Waals surface area contributed by atoms with E-state index in [1.54, 1.807) is 0 Å². The molecule has 0 aromatic rings. The highest BCUT2D eigenvalue weighted by Crippen LogP contribution is 2.36. The monoisotopic (exact) mass is 266 g/mol. The molecule has 2 nitrogen and oxygen atoms in total. The van der Waals surface area contributed by atoms with Gasteiger partial charge in [-0.25, -0.2) is 0 Å². The summed E-state index contributed by atoms with van der Waals surface area (Å²) in [6.07, 6.45) is 11.3. The minimum atomic E-state index is 0.366. The summed E-state index contributed by atoms with van der Waals surface area (Å²) in [5.41, 5.74) is 0.366. The van der Waals surface area contributed by atoms with E-state index in [0.717, 1.165) is 12.5 Å². The van der Waals surface area contributed by atoms with E-state index in [-0.39, 0.29) is 0 Å². The van der Waals surface area contributed by atoms with Crippen molar-refractivity contribution >= 4 is 0 Å². The summed E-state index contributed by atoms with van der Waals surface area (Å²) in [5, 5.41) is 3.81. The molecular formula is C17H34N2. The number of hydrogen-bond donors (Lipinski definition) is 1. The summed E-state index contributed by atoms with van der Waals surface area (Å²) in [6, 6.07) is 0.682. The third kappa shape index (κ3) is 3.95. The third-order valence-electron chi connectivity index (χ3n) is 5.56. The van der Waals surface area contributed by atoms with Crippen LogP contribution in [0.5, 0.6) is 0 Å². The van der Waals surface area contributed by atoms with E-state index in [9.17, 15) is 0 Å². The summed E-state index contributed by atoms with van der Waals surface area (Å²) in [7, 11) is 0. The van der Waals surface area contributed by atoms with Crippen molar-refractivity contribution in [2.75, 3.05) is 19.6 Å². The fourth-order valence-corrected chi connectivity index (χ4v) is 3.78. The van der Waals surface area contributed by atoms with E-state index in [0.29, 0.717) is 11.6 Å². The highest BCUT2D eigenvalue weighted by Gasteiger charge is 2.38. The van der Waals surface area contributed by atoms with Gasteiger partial charge in [-0.1, -0.05) is 33.1 Å². The van der Waals surface area contributed by atoms with Gasteiger partial charge in [-0.15, -0.1) is 0 Å². The maximum atomic E-state index is 3.81. The van der Waals surface area contributed by atoms with Crippen molar-refractivity contribution in [2.45, 2.75) is 83.7 Å². The van der Waals surface area contributed by atoms with E-state index in [1.165, 1.54) is 64.5 Å². The second-order valence-corrected chi connectivity index (χ2v) is 6.89. The maximum absolute atomic E-state index is 3.81. The molecule has 0 aromatic heterocycles. The van der Waals surface area contributed by atoms with Crippen molar-refractivity contribution in [1.29, 1.82) is 0 Å². The quantitative estimate of drug-likeness (QED) is 0.718. The van der Waals surface area contributed by atoms with Crippen LogP contribution in [0, 0.1) is 5.92 Å². The van der Waals surface area contributed by atoms with Crippen molar-refractivity contribution in [2.24, 2.45) is 5.92 Å². The van der Waals surface area contributed by atoms with Crippen LogP contribution in [0.25, 0.3) is 0 Å². The van der Waals surface area contributed by atoms with Crippen LogP contribution in [0.2, 0.25) is 0 Å². The lowest BCUT2D eigenvalue weighted by Crippen LogP contribution is -2.60. The SMILES string of the molecule is CCNC(CCC1CC1)C(C)(CC)N1CCCCC1. The Hall–Kier alpha value is -0.0800. The molecule has 1 heterocycles. The van der Waals surface area contributed by atoms with Crippen LogP contribution in [0.3, 0.4) is 0 Å². The Kier molecular flexibility index (Phi) is 5.70. The van der Waals surface area contributed by atoms with Crippen molar-refractivity contribution in [3.63, 3.8) is 0 Å². The molecule has 2 rings (SSSR count). The first-order chi connectivity index (χ1) is 9.20. The molecule has 0 aromatic carbocycles. The predicted octanol–water partition coefficient (Wildman–Crippen LogP) is 3.81. The molecule has 2 heteroatoms. The largest absolute Gasteiger partial charge is 0.312 e. The lowest BCUT2D eigenvalue weighted by atomic mass is 9.82. The van der Waals surface area contributed by atoms with Crippen molar-refractivity contribution < 1.29 is 0 Å². The summed E-state index contributed by atoms with van der Waals surface area (Å²) in [4.78, 5) is 2.79. The van der Waals surface area contributed by atoms with Crippen molar-refractivity contribution in [1.82, 2.24) is 10.2 Å². The molecule has 0 spiro atoms. The molecule has 1 aliphatic heterocycles. The summed E-state index contributed by atoms with van der Waals surface area (Å²) in [5.74, 6) is 1.06. The molecule has 2 aliphatic rings. The van der Waals surface area contributed by atoms with Gasteiger partial charge in [-0.05, 0) is 64.6 Å². The van der Waals surface area contributed by atoms with Crippen LogP contribution in [0.1, 0.15) is 72.1 Å². The van der Waals surface area contributed by atoms with Gasteiger partial charge in [0.15, 0.2) is 0 Å². The Balaban J connectivity index is 1.98. The number of nitrogens with zero attached hydrogens (tertiary/aromatic N) is 1. The zero-order valence-electron chi connectivity index (χ0n) is 13.4. The molecule has 2 fully saturated rings. The zero-order chi connectivity index (χ0) is 13.7. The summed E-state index contributed by atoms with van der Waals surface area (Å²) < 4.78 is 0. The molecule has 2 unspecified atom stereocenters. The zero-order valence-corrected chi connectivity index (χ0v) is 13.4. The third-order valence-corrected chi connectivity index (χ3v) is 5.56. The highest BCUT2D eigenvalue weighted by molar-refractivity contribution is 4.97. The van der Waals surface area contributed by atoms with E-state index in [1.807, 2.05) is 0 Å². The molecular weight excluding hydrogens is 232 g/mol. The van der Waals surface area contributed by atoms with Gasteiger partial charge >= 0.3 is 0 Å². The molecule has 0 amide bonds. The lowest BCUT2D eigenvalue weighted by Gasteiger charge is -2.48. The van der Waals surface area contributed by atoms with E-state index in [4.69, 9.17) is 0 Å². The van der Waals surface area contributed by atoms with Crippen LogP contribution >= 0.6 is 0 Å². The highest BCUT2D eigenvalue weighted by atomic mass is 15.2. The van der Waals surface area contributed by atoms with E-state index in [2.05, 4.69) is 31.0 Å². The second-order valence-electron chi connectivity index (χ2n) is 6.89. The number of hydrogen-bond acceptors (Lipinski definition) is 2. The second kappa shape index (κ2) is 7.08. The smallest absolute Gasteiger partial charge is 0.0331 e. The standard InChI is InChI=1S/C17H34N2/c1-4-17(3,19-13-7-6-8-14-19)16(18-5-2)12-11-15-9-10-15/h15-16,18H,4-14H2,1-3H3. The molecule has 1 saturated heterocycles. The van der Waals surface area contributed by atoms with Crippen molar-refractivity contribution in [3.8, 4) is 0 Å². The Bertz CT molecular complexity index is 256. The number of nitrogens with one attached hydrogen (secondary N) is 1. The molecule has 2 atom stereocenters. The Morgan fingerprint density at radius 3 is 2.37 bits per heavy atom. The number of likely N-dealkylation sites (tertiary alicyclic amines) is 1. The van der Waals surface area contributed by atoms with E-state index >= 15 is 0 Å². The first kappa shape index (κ1) is 15.3. The topological polar surface area (TPSA) is 15.3 Å². The van der Waals surface area contributed by atoms with Crippen molar-refractivity contribution in [3.05, 3.63) is 0 Å². The Morgan fingerprint density at radius 1 is 1.16 bits per heavy atom. The number of rotatable bonds is 8. The first-order valence-electron chi connectivity index (χ1n) is 8.69. The predicted molar refractivity (Wildman–Crippen MR) is 83.5 cm³/mol. The normalized spacial score (nSPS) is 26.1. The van der Waals surface area contributed by atoms with Gasteiger partial charge in [0.25, 0.3) is 0 Å². The summed E-state index contributed by atoms with van der Waals surface area (Å²) >= 11 is 0. The fraction of sp³-hybridized carbons (Fsp3) is 1.00. The maximum Gasteiger partial charge on any atom is 0.0331 e. The average Bonchev–Trinajstić information content (AvgIpc) is 3.27. The van der Waals surface area contributed by atoms with Crippen LogP contribution in [0.4, 0.5) is 0 Å². The molecule has 0 radical (unpaired) electrons. The molecule has 112 valence electrons. The molecule has 1 N–H and O–H groups in total. The van der Waals surface area contributed by atoms with Gasteiger partial charge in [0.2, 0.25) is 0 Å². The van der Waals surface area contributed by atoms with Gasteiger partial charge in [0.1, 0.15) is 0 Å². The molecule has 1 aliphatic carbocycles. The lowest BCUT2D eigenvalue weighted by molar-refractivity contribution is 0.0396. The number of piperidine rings is 1. The van der Waals surface area contributed by atoms with Crippen LogP contribution in [-0.2, 0) is 0 Å². The van der Waals surface area contributed by atoms with Crippen LogP contribution in [0.15, 0.2) is 0 Å². The summed E-state index contributed by atoms with van der Waals surface area (Å²) in [6.45, 7) is 10.9. The first-order valence-corrected chi connectivity index (χ1v) is 8.69. The fourth-order valence-electron chi connectivity index (χ4n) is 3.78. The van der Waals surface area contributed by atoms with Gasteiger partial charge in [0, 0.05) is 11.6 Å². The van der Waals surface area contributed by atoms with Gasteiger partial charge in [-0.3, -0.25) is 4.90 Å². The average molecular weight is 266 g/mol. The van der Waals surface area contributed by atoms with Crippen LogP contribution in [-0.4, -0.2) is 36.1 Å². The molecule has 1 saturated carbocycles. The number of likely N-dealkylation sites (N-methyl/N-ethyl adjacent to an activating group) is 1. The Labute approximate surface area is 120 Å². The minimum Gasteiger partial charge on any atom is -0.312 e. The van der Waals surface area contributed by atoms with Gasteiger partial charge in [-0.2, -0.15) is 0 Å². The van der Waals surface area contributed by atoms with E-state index < -0.39 is 0 Å². The Morgan fingerprint density at radius 2 is 1.84 bits per heavy atom. The van der Waals surface area contributed by atoms with Gasteiger partial charge in [0.05, 0.1) is 0 Å². The molecule has 19 heavy (non-hydrogen) atoms. The minimum absolute atomic E-state index is 0.366. The molecule has 0 bridgehead atoms.